The van der Waals surface area contributed by atoms with Gasteiger partial charge in [0.2, 0.25) is 0 Å². The van der Waals surface area contributed by atoms with Crippen LogP contribution >= 0.6 is 0 Å². The smallest absolute Gasteiger partial charge is 0.0684 e. The molecule has 0 unspecified atom stereocenters. The molecule has 1 aliphatic carbocycles. The van der Waals surface area contributed by atoms with Gasteiger partial charge in [-0.25, -0.2) is 0 Å². The predicted molar refractivity (Wildman–Crippen MR) is 62.5 cm³/mol. The monoisotopic (exact) mass is 229 g/mol. The molecule has 0 radical (unpaired) electrons. The van der Waals surface area contributed by atoms with Crippen LogP contribution in [0.1, 0.15) is 11.1 Å². The molecule has 0 bridgehead atoms. The van der Waals surface area contributed by atoms with Gasteiger partial charge in [-0.1, -0.05) is 48.6 Å². The standard InChI is InChI=1S/C14H14O3/c15-9-12-7-3-4-8-13(12)10-17-14(16)11-5-1-2-6-11/h1-8,15-16H,9-10H2/p-1. The Morgan fingerprint density at radius 1 is 1.12 bits per heavy atom. The lowest BCUT2D eigenvalue weighted by Crippen LogP contribution is -2.10. The fraction of sp³-hybridized carbons (Fsp3) is 0.143. The van der Waals surface area contributed by atoms with Crippen molar-refractivity contribution in [2.45, 2.75) is 13.2 Å². The Bertz CT molecular complexity index is 470. The van der Waals surface area contributed by atoms with E-state index in [1.807, 2.05) is 24.3 Å². The van der Waals surface area contributed by atoms with E-state index in [0.717, 1.165) is 11.1 Å². The largest absolute Gasteiger partial charge is 0.608 e. The quantitative estimate of drug-likeness (QED) is 0.794. The summed E-state index contributed by atoms with van der Waals surface area (Å²) in [6.45, 7) is 0.130. The second-order valence-corrected chi connectivity index (χ2v) is 3.68. The lowest BCUT2D eigenvalue weighted by molar-refractivity contribution is -0.360. The maximum Gasteiger partial charge on any atom is 0.0684 e. The third-order valence-electron chi connectivity index (χ3n) is 2.55. The van der Waals surface area contributed by atoms with Crippen molar-refractivity contribution < 1.29 is 14.9 Å². The molecule has 1 aromatic carbocycles. The summed E-state index contributed by atoms with van der Waals surface area (Å²) in [5.41, 5.74) is 2.16. The summed E-state index contributed by atoms with van der Waals surface area (Å²) in [4.78, 5) is 0. The SMILES string of the molecule is [O-]C(OCc1ccccc1CO)=C1C=CC=C1. The van der Waals surface area contributed by atoms with Crippen molar-refractivity contribution >= 4 is 0 Å². The van der Waals surface area contributed by atoms with Crippen molar-refractivity contribution in [3.05, 3.63) is 71.2 Å². The van der Waals surface area contributed by atoms with Crippen LogP contribution in [-0.4, -0.2) is 5.11 Å². The molecule has 1 N–H and O–H groups in total. The first-order valence-electron chi connectivity index (χ1n) is 5.37. The third-order valence-corrected chi connectivity index (χ3v) is 2.55. The zero-order valence-electron chi connectivity index (χ0n) is 9.30. The van der Waals surface area contributed by atoms with Crippen LogP contribution in [0.4, 0.5) is 0 Å². The molecule has 0 saturated carbocycles. The zero-order chi connectivity index (χ0) is 12.1. The first kappa shape index (κ1) is 11.5. The molecular weight excluding hydrogens is 216 g/mol. The van der Waals surface area contributed by atoms with Crippen molar-refractivity contribution in [1.82, 2.24) is 0 Å². The zero-order valence-corrected chi connectivity index (χ0v) is 9.30. The Morgan fingerprint density at radius 2 is 1.76 bits per heavy atom. The second kappa shape index (κ2) is 5.37. The maximum atomic E-state index is 11.6. The predicted octanol–water partition coefficient (Wildman–Crippen LogP) is 1.39. The molecule has 0 saturated heterocycles. The van der Waals surface area contributed by atoms with Crippen LogP contribution in [0.5, 0.6) is 0 Å². The fourth-order valence-electron chi connectivity index (χ4n) is 1.59. The average Bonchev–Trinajstić information content (AvgIpc) is 2.90. The van der Waals surface area contributed by atoms with Gasteiger partial charge in [0.25, 0.3) is 0 Å². The van der Waals surface area contributed by atoms with Crippen LogP contribution in [0.2, 0.25) is 0 Å². The summed E-state index contributed by atoms with van der Waals surface area (Å²) >= 11 is 0. The van der Waals surface area contributed by atoms with E-state index in [9.17, 15) is 5.11 Å². The molecule has 3 heteroatoms. The number of ether oxygens (including phenoxy) is 1. The summed E-state index contributed by atoms with van der Waals surface area (Å²) in [5.74, 6) is -0.345. The molecule has 0 fully saturated rings. The van der Waals surface area contributed by atoms with Gasteiger partial charge in [0.05, 0.1) is 12.6 Å². The Hall–Kier alpha value is -2.00. The van der Waals surface area contributed by atoms with E-state index >= 15 is 0 Å². The number of allylic oxidation sites excluding steroid dienone is 5. The number of aliphatic hydroxyl groups excluding tert-OH is 1. The van der Waals surface area contributed by atoms with Gasteiger partial charge in [0.15, 0.2) is 0 Å². The number of benzene rings is 1. The van der Waals surface area contributed by atoms with Gasteiger partial charge >= 0.3 is 0 Å². The Kier molecular flexibility index (Phi) is 3.62. The molecule has 3 nitrogen and oxygen atoms in total. The van der Waals surface area contributed by atoms with Crippen LogP contribution in [0.25, 0.3) is 0 Å². The summed E-state index contributed by atoms with van der Waals surface area (Å²) in [5, 5.41) is 20.7. The highest BCUT2D eigenvalue weighted by Gasteiger charge is 1.99. The Morgan fingerprint density at radius 3 is 2.41 bits per heavy atom. The van der Waals surface area contributed by atoms with E-state index in [-0.39, 0.29) is 19.2 Å². The van der Waals surface area contributed by atoms with Crippen molar-refractivity contribution in [2.75, 3.05) is 0 Å². The molecule has 1 aromatic rings. The Labute approximate surface area is 100.0 Å². The highest BCUT2D eigenvalue weighted by atomic mass is 16.6. The highest BCUT2D eigenvalue weighted by Crippen LogP contribution is 2.14. The molecular formula is C14H13O3-. The summed E-state index contributed by atoms with van der Waals surface area (Å²) in [6, 6.07) is 7.34. The van der Waals surface area contributed by atoms with Gasteiger partial charge in [0, 0.05) is 6.61 Å². The molecule has 0 aromatic heterocycles. The summed E-state index contributed by atoms with van der Waals surface area (Å²) in [6.07, 6.45) is 7.00. The average molecular weight is 229 g/mol. The first-order valence-corrected chi connectivity index (χ1v) is 5.37. The van der Waals surface area contributed by atoms with Gasteiger partial charge in [-0.05, 0) is 16.7 Å². The summed E-state index contributed by atoms with van der Waals surface area (Å²) < 4.78 is 5.16. The molecule has 0 amide bonds. The van der Waals surface area contributed by atoms with Crippen molar-refractivity contribution in [2.24, 2.45) is 0 Å². The van der Waals surface area contributed by atoms with Gasteiger partial charge in [-0.2, -0.15) is 0 Å². The van der Waals surface area contributed by atoms with E-state index in [2.05, 4.69) is 0 Å². The number of hydrogen-bond acceptors (Lipinski definition) is 3. The van der Waals surface area contributed by atoms with Crippen LogP contribution in [0.3, 0.4) is 0 Å². The van der Waals surface area contributed by atoms with Gasteiger partial charge in [0.1, 0.15) is 0 Å². The highest BCUT2D eigenvalue weighted by molar-refractivity contribution is 5.40. The maximum absolute atomic E-state index is 11.6. The van der Waals surface area contributed by atoms with E-state index < -0.39 is 0 Å². The lowest BCUT2D eigenvalue weighted by atomic mass is 10.1. The van der Waals surface area contributed by atoms with Gasteiger partial charge < -0.3 is 14.9 Å². The van der Waals surface area contributed by atoms with Gasteiger partial charge in [-0.3, -0.25) is 0 Å². The van der Waals surface area contributed by atoms with E-state index in [1.165, 1.54) is 0 Å². The fourth-order valence-corrected chi connectivity index (χ4v) is 1.59. The van der Waals surface area contributed by atoms with Crippen LogP contribution in [-0.2, 0) is 18.0 Å². The molecule has 1 aliphatic rings. The molecule has 0 aliphatic heterocycles. The molecule has 17 heavy (non-hydrogen) atoms. The number of rotatable bonds is 4. The van der Waals surface area contributed by atoms with Crippen LogP contribution in [0.15, 0.2) is 60.1 Å². The molecule has 88 valence electrons. The minimum atomic E-state index is -0.345. The lowest BCUT2D eigenvalue weighted by Gasteiger charge is -2.18. The van der Waals surface area contributed by atoms with Gasteiger partial charge in [-0.15, -0.1) is 0 Å². The summed E-state index contributed by atoms with van der Waals surface area (Å²) in [7, 11) is 0. The number of hydrogen-bond donors (Lipinski definition) is 1. The minimum absolute atomic E-state index is 0.0515. The van der Waals surface area contributed by atoms with Crippen molar-refractivity contribution in [1.29, 1.82) is 0 Å². The van der Waals surface area contributed by atoms with Crippen molar-refractivity contribution in [3.8, 4) is 0 Å². The molecule has 0 atom stereocenters. The van der Waals surface area contributed by atoms with E-state index in [0.29, 0.717) is 5.57 Å². The molecule has 0 spiro atoms. The molecule has 2 rings (SSSR count). The number of aliphatic hydroxyl groups is 1. The van der Waals surface area contributed by atoms with E-state index in [4.69, 9.17) is 9.84 Å². The minimum Gasteiger partial charge on any atom is -0.608 e. The Balaban J connectivity index is 2.05. The van der Waals surface area contributed by atoms with E-state index in [1.54, 1.807) is 24.3 Å². The second-order valence-electron chi connectivity index (χ2n) is 3.68. The molecule has 0 heterocycles. The van der Waals surface area contributed by atoms with Crippen molar-refractivity contribution in [3.63, 3.8) is 0 Å². The van der Waals surface area contributed by atoms with Crippen LogP contribution < -0.4 is 5.11 Å². The first-order chi connectivity index (χ1) is 8.31. The third kappa shape index (κ3) is 2.77. The normalized spacial score (nSPS) is 13.1. The van der Waals surface area contributed by atoms with Crippen LogP contribution in [0, 0.1) is 0 Å². The topological polar surface area (TPSA) is 52.5 Å².